The number of aliphatic hydroxyl groups is 1. The molecule has 70 valence electrons. The maximum atomic E-state index is 11.3. The van der Waals surface area contributed by atoms with Crippen LogP contribution in [-0.4, -0.2) is 9.67 Å². The molecule has 13 heavy (non-hydrogen) atoms. The molecule has 0 fully saturated rings. The molecule has 0 aliphatic heterocycles. The quantitative estimate of drug-likeness (QED) is 0.638. The molecule has 1 aromatic rings. The van der Waals surface area contributed by atoms with Crippen LogP contribution in [0.5, 0.6) is 0 Å². The van der Waals surface area contributed by atoms with Crippen LogP contribution >= 0.6 is 0 Å². The van der Waals surface area contributed by atoms with Crippen molar-refractivity contribution in [2.45, 2.75) is 25.4 Å². The Labute approximate surface area is 76.6 Å². The first-order chi connectivity index (χ1) is 6.20. The number of fused-ring (bicyclic) bond motifs is 1. The molecular weight excluding hydrogens is 166 g/mol. The summed E-state index contributed by atoms with van der Waals surface area (Å²) in [5, 5.41) is 9.71. The van der Waals surface area contributed by atoms with Crippen LogP contribution in [0.3, 0.4) is 0 Å². The fraction of sp³-hybridized carbons (Fsp3) is 0.500. The van der Waals surface area contributed by atoms with Crippen molar-refractivity contribution in [3.8, 4) is 0 Å². The second kappa shape index (κ2) is 3.00. The lowest BCUT2D eigenvalue weighted by molar-refractivity contribution is 0.146. The molecular formula is C10H13NO2. The predicted molar refractivity (Wildman–Crippen MR) is 49.6 cm³/mol. The Bertz CT molecular complexity index is 381. The van der Waals surface area contributed by atoms with Crippen molar-refractivity contribution in [3.63, 3.8) is 0 Å². The third kappa shape index (κ3) is 1.29. The Morgan fingerprint density at radius 1 is 1.54 bits per heavy atom. The van der Waals surface area contributed by atoms with Crippen LogP contribution in [0.15, 0.2) is 16.9 Å². The third-order valence-corrected chi connectivity index (χ3v) is 2.69. The number of nitrogens with zero attached hydrogens (tertiary/aromatic N) is 1. The average molecular weight is 179 g/mol. The molecule has 3 heteroatoms. The van der Waals surface area contributed by atoms with E-state index in [9.17, 15) is 9.90 Å². The van der Waals surface area contributed by atoms with Gasteiger partial charge in [0, 0.05) is 13.1 Å². The molecule has 0 saturated heterocycles. The highest BCUT2D eigenvalue weighted by Crippen LogP contribution is 2.27. The van der Waals surface area contributed by atoms with Gasteiger partial charge in [-0.1, -0.05) is 6.07 Å². The molecule has 0 radical (unpaired) electrons. The molecule has 0 saturated carbocycles. The van der Waals surface area contributed by atoms with Crippen LogP contribution in [0, 0.1) is 0 Å². The summed E-state index contributed by atoms with van der Waals surface area (Å²) in [5.74, 6) is 0. The zero-order valence-electron chi connectivity index (χ0n) is 7.66. The second-order valence-electron chi connectivity index (χ2n) is 3.55. The first-order valence-corrected chi connectivity index (χ1v) is 4.57. The Kier molecular flexibility index (Phi) is 1.96. The van der Waals surface area contributed by atoms with Gasteiger partial charge in [0.15, 0.2) is 0 Å². The van der Waals surface area contributed by atoms with Gasteiger partial charge in [-0.3, -0.25) is 4.79 Å². The van der Waals surface area contributed by atoms with E-state index in [-0.39, 0.29) is 5.56 Å². The number of hydrogen-bond acceptors (Lipinski definition) is 2. The number of aliphatic hydroxyl groups excluding tert-OH is 1. The van der Waals surface area contributed by atoms with Crippen LogP contribution < -0.4 is 5.56 Å². The lowest BCUT2D eigenvalue weighted by Gasteiger charge is -2.23. The molecule has 0 spiro atoms. The van der Waals surface area contributed by atoms with Crippen LogP contribution in [0.4, 0.5) is 0 Å². The summed E-state index contributed by atoms with van der Waals surface area (Å²) in [6, 6.07) is 3.40. The van der Waals surface area contributed by atoms with E-state index < -0.39 is 6.10 Å². The van der Waals surface area contributed by atoms with E-state index in [1.165, 1.54) is 0 Å². The first kappa shape index (κ1) is 8.51. The van der Waals surface area contributed by atoms with Crippen molar-refractivity contribution in [2.75, 3.05) is 0 Å². The van der Waals surface area contributed by atoms with Gasteiger partial charge < -0.3 is 9.67 Å². The molecule has 1 N–H and O–H groups in total. The standard InChI is InChI=1S/C10H13NO2/c1-11-9(13)6-5-7-3-2-4-8(12)10(7)11/h5-6,8,12H,2-4H2,1H3. The fourth-order valence-electron chi connectivity index (χ4n) is 1.97. The van der Waals surface area contributed by atoms with Gasteiger partial charge in [0.2, 0.25) is 0 Å². The van der Waals surface area contributed by atoms with E-state index in [0.29, 0.717) is 0 Å². The van der Waals surface area contributed by atoms with Gasteiger partial charge in [-0.15, -0.1) is 0 Å². The van der Waals surface area contributed by atoms with E-state index in [0.717, 1.165) is 30.5 Å². The number of hydrogen-bond donors (Lipinski definition) is 1. The topological polar surface area (TPSA) is 42.2 Å². The fourth-order valence-corrected chi connectivity index (χ4v) is 1.97. The summed E-state index contributed by atoms with van der Waals surface area (Å²) in [4.78, 5) is 11.3. The highest BCUT2D eigenvalue weighted by atomic mass is 16.3. The lowest BCUT2D eigenvalue weighted by Crippen LogP contribution is -2.25. The molecule has 0 amide bonds. The van der Waals surface area contributed by atoms with E-state index in [1.54, 1.807) is 17.7 Å². The van der Waals surface area contributed by atoms with E-state index in [1.807, 2.05) is 6.07 Å². The lowest BCUT2D eigenvalue weighted by atomic mass is 9.93. The summed E-state index contributed by atoms with van der Waals surface area (Å²) in [6.07, 6.45) is 2.29. The highest BCUT2D eigenvalue weighted by molar-refractivity contribution is 5.25. The van der Waals surface area contributed by atoms with Gasteiger partial charge in [0.25, 0.3) is 5.56 Å². The SMILES string of the molecule is Cn1c2c(ccc1=O)CCCC2O. The van der Waals surface area contributed by atoms with Crippen molar-refractivity contribution in [3.05, 3.63) is 33.7 Å². The smallest absolute Gasteiger partial charge is 0.250 e. The van der Waals surface area contributed by atoms with Crippen molar-refractivity contribution < 1.29 is 5.11 Å². The molecule has 1 aromatic heterocycles. The summed E-state index contributed by atoms with van der Waals surface area (Å²) < 4.78 is 1.55. The molecule has 0 aromatic carbocycles. The maximum absolute atomic E-state index is 11.3. The monoisotopic (exact) mass is 179 g/mol. The summed E-state index contributed by atoms with van der Waals surface area (Å²) >= 11 is 0. The maximum Gasteiger partial charge on any atom is 0.250 e. The largest absolute Gasteiger partial charge is 0.387 e. The minimum absolute atomic E-state index is 0.0419. The summed E-state index contributed by atoms with van der Waals surface area (Å²) in [7, 11) is 1.72. The summed E-state index contributed by atoms with van der Waals surface area (Å²) in [6.45, 7) is 0. The van der Waals surface area contributed by atoms with Crippen LogP contribution in [0.1, 0.15) is 30.2 Å². The van der Waals surface area contributed by atoms with Gasteiger partial charge in [-0.25, -0.2) is 0 Å². The zero-order chi connectivity index (χ0) is 9.42. The van der Waals surface area contributed by atoms with Crippen LogP contribution in [-0.2, 0) is 13.5 Å². The van der Waals surface area contributed by atoms with E-state index in [4.69, 9.17) is 0 Å². The molecule has 1 unspecified atom stereocenters. The zero-order valence-corrected chi connectivity index (χ0v) is 7.66. The van der Waals surface area contributed by atoms with Crippen molar-refractivity contribution >= 4 is 0 Å². The molecule has 3 nitrogen and oxygen atoms in total. The Morgan fingerprint density at radius 2 is 2.31 bits per heavy atom. The Balaban J connectivity index is 2.65. The second-order valence-corrected chi connectivity index (χ2v) is 3.55. The van der Waals surface area contributed by atoms with E-state index >= 15 is 0 Å². The van der Waals surface area contributed by atoms with Crippen molar-refractivity contribution in [2.24, 2.45) is 7.05 Å². The van der Waals surface area contributed by atoms with Gasteiger partial charge in [0.05, 0.1) is 11.8 Å². The summed E-state index contributed by atoms with van der Waals surface area (Å²) in [5.41, 5.74) is 1.87. The molecule has 1 aliphatic carbocycles. The molecule has 0 bridgehead atoms. The number of pyridine rings is 1. The minimum atomic E-state index is -0.456. The number of rotatable bonds is 0. The third-order valence-electron chi connectivity index (χ3n) is 2.69. The number of aromatic nitrogens is 1. The molecule has 2 rings (SSSR count). The predicted octanol–water partition coefficient (Wildman–Crippen LogP) is 0.755. The van der Waals surface area contributed by atoms with Crippen molar-refractivity contribution in [1.82, 2.24) is 4.57 Å². The highest BCUT2D eigenvalue weighted by Gasteiger charge is 2.20. The Morgan fingerprint density at radius 3 is 3.08 bits per heavy atom. The molecule has 1 heterocycles. The Hall–Kier alpha value is -1.09. The molecule has 1 atom stereocenters. The average Bonchev–Trinajstić information content (AvgIpc) is 2.12. The minimum Gasteiger partial charge on any atom is -0.387 e. The first-order valence-electron chi connectivity index (χ1n) is 4.57. The van der Waals surface area contributed by atoms with Crippen molar-refractivity contribution in [1.29, 1.82) is 0 Å². The molecule has 1 aliphatic rings. The van der Waals surface area contributed by atoms with Gasteiger partial charge in [-0.2, -0.15) is 0 Å². The van der Waals surface area contributed by atoms with Crippen LogP contribution in [0.25, 0.3) is 0 Å². The normalized spacial score (nSPS) is 21.2. The van der Waals surface area contributed by atoms with E-state index in [2.05, 4.69) is 0 Å². The number of aryl methyl sites for hydroxylation is 1. The van der Waals surface area contributed by atoms with Crippen LogP contribution in [0.2, 0.25) is 0 Å². The van der Waals surface area contributed by atoms with Gasteiger partial charge in [-0.05, 0) is 24.8 Å². The van der Waals surface area contributed by atoms with Gasteiger partial charge >= 0.3 is 0 Å². The van der Waals surface area contributed by atoms with Gasteiger partial charge in [0.1, 0.15) is 0 Å².